The van der Waals surface area contributed by atoms with E-state index < -0.39 is 73.5 Å². The third kappa shape index (κ3) is 21.2. The SMILES string of the molecule is CN(C)S(=O)(=O)NCCCCC(C(=O)C(=O)NCc1cccnc1)N(CC1(Cc2ccc(F)cc2)CCC1)C(=O)O.CN(C)S(=O)(=O)NCCCC[C@H](NC(=O)OCC1(Cc2ccc(F)cc2)CCC1)C(=O)C(=O)NCc1cccnc1. The second-order valence-electron chi connectivity index (χ2n) is 21.2. The van der Waals surface area contributed by atoms with E-state index in [0.29, 0.717) is 49.7 Å². The van der Waals surface area contributed by atoms with Gasteiger partial charge in [-0.1, -0.05) is 49.2 Å². The van der Waals surface area contributed by atoms with Crippen molar-refractivity contribution < 1.29 is 64.2 Å². The van der Waals surface area contributed by atoms with Crippen molar-refractivity contribution in [3.05, 3.63) is 131 Å². The highest BCUT2D eigenvalue weighted by molar-refractivity contribution is 7.87. The molecule has 4 amide bonds. The minimum atomic E-state index is -3.63. The predicted octanol–water partition coefficient (Wildman–Crippen LogP) is 5.21. The van der Waals surface area contributed by atoms with Crippen LogP contribution in [-0.4, -0.2) is 148 Å². The Labute approximate surface area is 478 Å². The largest absolute Gasteiger partial charge is 0.465 e. The molecule has 6 rings (SSSR count). The molecule has 2 atom stereocenters. The smallest absolute Gasteiger partial charge is 0.407 e. The fraction of sp³-hybridized carbons (Fsp3) is 0.500. The number of amides is 4. The number of alkyl carbamates (subject to hydrolysis) is 1. The van der Waals surface area contributed by atoms with E-state index in [2.05, 4.69) is 35.4 Å². The summed E-state index contributed by atoms with van der Waals surface area (Å²) in [5.41, 5.74) is 2.49. The summed E-state index contributed by atoms with van der Waals surface area (Å²) in [6, 6.07) is 16.8. The number of benzene rings is 2. The van der Waals surface area contributed by atoms with Gasteiger partial charge in [-0.3, -0.25) is 34.0 Å². The van der Waals surface area contributed by atoms with Crippen molar-refractivity contribution in [2.45, 2.75) is 115 Å². The first-order valence-corrected chi connectivity index (χ1v) is 30.0. The van der Waals surface area contributed by atoms with Crippen LogP contribution in [0, 0.1) is 22.5 Å². The number of halogens is 2. The third-order valence-corrected chi connectivity index (χ3v) is 17.6. The summed E-state index contributed by atoms with van der Waals surface area (Å²) >= 11 is 0. The standard InChI is InChI=1S/2C28H38FN5O6S/c1-34(2)41(38,39)32-16-4-3-8-24(25(35)26(36)31-19-22-7-5-15-30-18-22)33-27(37)40-20-28(13-6-14-28)17-21-9-11-23(29)12-10-21;1-33(2)41(39,40)32-16-4-3-8-24(25(35)26(36)31-19-22-7-5-15-30-18-22)34(27(37)38)20-28(13-6-14-28)17-21-9-11-23(29)12-10-21/h5,7,9-12,15,18,24,32H,3-4,6,8,13-14,16-17,19-20H2,1-2H3,(H,31,36)(H,33,37);5,7,9-12,15,18,24,32H,3-4,6,8,13-14,16-17,19-20H2,1-2H3,(H,31,36)(H,37,38)/t24-;/m0./s1. The molecule has 4 aromatic rings. The van der Waals surface area contributed by atoms with Crippen LogP contribution in [0.3, 0.4) is 0 Å². The van der Waals surface area contributed by atoms with Crippen LogP contribution in [0.5, 0.6) is 0 Å². The third-order valence-electron chi connectivity index (χ3n) is 14.5. The van der Waals surface area contributed by atoms with Crippen LogP contribution in [-0.2, 0) is 70.3 Å². The zero-order chi connectivity index (χ0) is 59.9. The number of unbranched alkanes of at least 4 members (excludes halogenated alkanes) is 2. The maximum Gasteiger partial charge on any atom is 0.407 e. The number of carbonyl (C=O) groups excluding carboxylic acids is 5. The molecule has 26 heteroatoms. The fourth-order valence-electron chi connectivity index (χ4n) is 9.41. The van der Waals surface area contributed by atoms with Gasteiger partial charge in [-0.05, 0) is 141 Å². The second-order valence-corrected chi connectivity index (χ2v) is 25.1. The minimum absolute atomic E-state index is 0.0409. The molecule has 2 aromatic heterocycles. The molecule has 0 saturated heterocycles. The average molecular weight is 1180 g/mol. The van der Waals surface area contributed by atoms with Crippen molar-refractivity contribution in [3.8, 4) is 0 Å². The number of nitrogens with zero attached hydrogens (tertiary/aromatic N) is 5. The number of rotatable bonds is 32. The zero-order valence-electron chi connectivity index (χ0n) is 46.8. The molecule has 0 radical (unpaired) electrons. The topological polar surface area (TPSA) is 296 Å². The molecule has 0 aliphatic heterocycles. The first-order valence-electron chi connectivity index (χ1n) is 27.1. The zero-order valence-corrected chi connectivity index (χ0v) is 48.4. The van der Waals surface area contributed by atoms with Crippen LogP contribution >= 0.6 is 0 Å². The Balaban J connectivity index is 0.000000301. The summed E-state index contributed by atoms with van der Waals surface area (Å²) in [5, 5.41) is 17.9. The van der Waals surface area contributed by atoms with Gasteiger partial charge >= 0.3 is 12.2 Å². The van der Waals surface area contributed by atoms with Gasteiger partial charge in [0.25, 0.3) is 32.2 Å². The fourth-order valence-corrected chi connectivity index (χ4v) is 10.7. The first-order chi connectivity index (χ1) is 38.9. The van der Waals surface area contributed by atoms with E-state index >= 15 is 0 Å². The molecule has 2 aromatic carbocycles. The molecule has 22 nitrogen and oxygen atoms in total. The lowest BCUT2D eigenvalue weighted by Crippen LogP contribution is -2.54. The number of carbonyl (C=O) groups is 6. The molecule has 2 aliphatic carbocycles. The molecule has 0 bridgehead atoms. The van der Waals surface area contributed by atoms with Crippen LogP contribution in [0.2, 0.25) is 0 Å². The summed E-state index contributed by atoms with van der Waals surface area (Å²) in [6.45, 7) is 0.532. The Morgan fingerprint density at radius 2 is 1.07 bits per heavy atom. The van der Waals surface area contributed by atoms with Crippen LogP contribution in [0.1, 0.15) is 99.3 Å². The number of Topliss-reactive ketones (excluding diaryl/α,β-unsaturated/α-hetero) is 2. The van der Waals surface area contributed by atoms with E-state index in [1.165, 1.54) is 52.5 Å². The summed E-state index contributed by atoms with van der Waals surface area (Å²) in [7, 11) is -1.60. The van der Waals surface area contributed by atoms with Crippen molar-refractivity contribution in [2.24, 2.45) is 10.8 Å². The number of pyridine rings is 2. The predicted molar refractivity (Wildman–Crippen MR) is 301 cm³/mol. The molecule has 0 spiro atoms. The highest BCUT2D eigenvalue weighted by Crippen LogP contribution is 2.45. The van der Waals surface area contributed by atoms with Crippen molar-refractivity contribution in [1.82, 2.24) is 48.9 Å². The van der Waals surface area contributed by atoms with Crippen molar-refractivity contribution >= 4 is 56.0 Å². The second kappa shape index (κ2) is 31.6. The van der Waals surface area contributed by atoms with Crippen LogP contribution in [0.4, 0.5) is 18.4 Å². The van der Waals surface area contributed by atoms with Gasteiger partial charge in [0.05, 0.1) is 6.61 Å². The molecule has 448 valence electrons. The molecule has 1 unspecified atom stereocenters. The summed E-state index contributed by atoms with van der Waals surface area (Å²) in [5.74, 6) is -4.15. The normalized spacial score (nSPS) is 15.1. The lowest BCUT2D eigenvalue weighted by Gasteiger charge is -2.46. The number of carboxylic acid groups (broad SMARTS) is 1. The average Bonchev–Trinajstić information content (AvgIpc) is 3.10. The van der Waals surface area contributed by atoms with E-state index in [9.17, 15) is 59.5 Å². The number of hydrogen-bond donors (Lipinski definition) is 6. The van der Waals surface area contributed by atoms with E-state index in [0.717, 1.165) is 63.2 Å². The summed E-state index contributed by atoms with van der Waals surface area (Å²) < 4.78 is 86.9. The minimum Gasteiger partial charge on any atom is -0.465 e. The quantitative estimate of drug-likeness (QED) is 0.0270. The maximum atomic E-state index is 13.4. The van der Waals surface area contributed by atoms with Crippen LogP contribution in [0.25, 0.3) is 0 Å². The molecule has 2 fully saturated rings. The van der Waals surface area contributed by atoms with Gasteiger partial charge < -0.3 is 25.8 Å². The van der Waals surface area contributed by atoms with E-state index in [1.807, 2.05) is 0 Å². The van der Waals surface area contributed by atoms with E-state index in [1.54, 1.807) is 73.3 Å². The Hall–Kier alpha value is -6.84. The number of hydrogen-bond acceptors (Lipinski definition) is 13. The molecule has 82 heavy (non-hydrogen) atoms. The first kappa shape index (κ1) is 66.0. The molecular weight excluding hydrogens is 1110 g/mol. The highest BCUT2D eigenvalue weighted by Gasteiger charge is 2.44. The Morgan fingerprint density at radius 1 is 0.622 bits per heavy atom. The Bertz CT molecular complexity index is 2960. The lowest BCUT2D eigenvalue weighted by molar-refractivity contribution is -0.141. The Kier molecular flexibility index (Phi) is 25.4. The van der Waals surface area contributed by atoms with Gasteiger partial charge in [0.15, 0.2) is 0 Å². The number of aromatic nitrogens is 2. The summed E-state index contributed by atoms with van der Waals surface area (Å²) in [4.78, 5) is 86.3. The Morgan fingerprint density at radius 3 is 1.49 bits per heavy atom. The molecular formula is C56H76F2N10O12S2. The number of ether oxygens (including phenoxy) is 1. The highest BCUT2D eigenvalue weighted by atomic mass is 32.2. The maximum absolute atomic E-state index is 13.4. The van der Waals surface area contributed by atoms with Crippen LogP contribution < -0.4 is 25.4 Å². The molecule has 6 N–H and O–H groups in total. The molecule has 2 aliphatic rings. The van der Waals surface area contributed by atoms with Gasteiger partial charge in [-0.2, -0.15) is 25.4 Å². The van der Waals surface area contributed by atoms with Crippen LogP contribution in [0.15, 0.2) is 97.6 Å². The van der Waals surface area contributed by atoms with Gasteiger partial charge in [0, 0.05) is 91.1 Å². The summed E-state index contributed by atoms with van der Waals surface area (Å²) in [6.07, 6.45) is 11.9. The lowest BCUT2D eigenvalue weighted by atomic mass is 9.65. The monoisotopic (exact) mass is 1180 g/mol. The van der Waals surface area contributed by atoms with Gasteiger partial charge in [-0.25, -0.2) is 27.8 Å². The van der Waals surface area contributed by atoms with E-state index in [4.69, 9.17) is 4.74 Å². The van der Waals surface area contributed by atoms with Gasteiger partial charge in [0.1, 0.15) is 23.7 Å². The number of nitrogens with one attached hydrogen (secondary N) is 5. The van der Waals surface area contributed by atoms with E-state index in [-0.39, 0.29) is 69.2 Å². The molecule has 2 saturated carbocycles. The molecule has 2 heterocycles. The van der Waals surface area contributed by atoms with Crippen molar-refractivity contribution in [1.29, 1.82) is 0 Å². The van der Waals surface area contributed by atoms with Gasteiger partial charge in [-0.15, -0.1) is 0 Å². The van der Waals surface area contributed by atoms with Gasteiger partial charge in [0.2, 0.25) is 11.6 Å². The number of ketones is 2. The van der Waals surface area contributed by atoms with Crippen molar-refractivity contribution in [3.63, 3.8) is 0 Å². The van der Waals surface area contributed by atoms with Crippen molar-refractivity contribution in [2.75, 3.05) is 54.4 Å².